The summed E-state index contributed by atoms with van der Waals surface area (Å²) in [4.78, 5) is 13.3. The first-order valence-corrected chi connectivity index (χ1v) is 13.7. The number of halogens is 4. The average Bonchev–Trinajstić information content (AvgIpc) is 3.17. The van der Waals surface area contributed by atoms with Gasteiger partial charge < -0.3 is 19.3 Å². The highest BCUT2D eigenvalue weighted by molar-refractivity contribution is 6.33. The van der Waals surface area contributed by atoms with E-state index in [1.165, 1.54) is 4.90 Å². The van der Waals surface area contributed by atoms with E-state index < -0.39 is 18.8 Å². The van der Waals surface area contributed by atoms with Gasteiger partial charge in [0.05, 0.1) is 34.6 Å². The highest BCUT2D eigenvalue weighted by Gasteiger charge is 2.54. The van der Waals surface area contributed by atoms with E-state index in [2.05, 4.69) is 10.1 Å². The average molecular weight is 580 g/mol. The molecule has 3 aromatic rings. The van der Waals surface area contributed by atoms with Crippen LogP contribution in [0.15, 0.2) is 22.7 Å². The zero-order chi connectivity index (χ0) is 28.8. The van der Waals surface area contributed by atoms with Crippen LogP contribution in [0.1, 0.15) is 36.8 Å². The van der Waals surface area contributed by atoms with Crippen LogP contribution >= 0.6 is 11.6 Å². The van der Waals surface area contributed by atoms with Gasteiger partial charge in [-0.2, -0.15) is 13.2 Å². The molecule has 1 spiro atoms. The predicted octanol–water partition coefficient (Wildman–Crippen LogP) is 5.60. The molecule has 0 aliphatic carbocycles. The lowest BCUT2D eigenvalue weighted by molar-refractivity contribution is -0.172. The first kappa shape index (κ1) is 28.6. The Morgan fingerprint density at radius 3 is 2.50 bits per heavy atom. The number of rotatable bonds is 9. The van der Waals surface area contributed by atoms with E-state index in [-0.39, 0.29) is 12.0 Å². The van der Waals surface area contributed by atoms with Gasteiger partial charge in [0, 0.05) is 42.7 Å². The zero-order valence-corrected chi connectivity index (χ0v) is 23.7. The molecule has 2 aliphatic rings. The van der Waals surface area contributed by atoms with Crippen LogP contribution < -0.4 is 9.64 Å². The molecule has 0 amide bonds. The van der Waals surface area contributed by atoms with Gasteiger partial charge in [-0.1, -0.05) is 30.1 Å². The molecule has 0 unspecified atom stereocenters. The fraction of sp³-hybridized carbons (Fsp3) is 0.536. The summed E-state index contributed by atoms with van der Waals surface area (Å²) < 4.78 is 49.7. The molecule has 40 heavy (non-hydrogen) atoms. The number of alkyl halides is 3. The standard InChI is InChI=1S/C28H33ClF3N5O3/c1-5-6-19(38)10-39-20-7-8-22(29)21(9-20)25-33-24(23-17(3)35-40-18(23)4)16(2)26(34-25)37-13-27(14-37)11-36(12-27)15-28(30,31)32/h7-9,19,38H,5-6,10-15H2,1-4H3/t19-/m1/s1. The van der Waals surface area contributed by atoms with E-state index in [4.69, 9.17) is 30.8 Å². The minimum Gasteiger partial charge on any atom is -0.491 e. The lowest BCUT2D eigenvalue weighted by Crippen LogP contribution is -2.73. The van der Waals surface area contributed by atoms with Crippen LogP contribution in [0.3, 0.4) is 0 Å². The summed E-state index contributed by atoms with van der Waals surface area (Å²) in [7, 11) is 0. The summed E-state index contributed by atoms with van der Waals surface area (Å²) in [5.74, 6) is 2.22. The lowest BCUT2D eigenvalue weighted by atomic mass is 9.72. The highest BCUT2D eigenvalue weighted by atomic mass is 35.5. The summed E-state index contributed by atoms with van der Waals surface area (Å²) in [6.07, 6.45) is -3.29. The summed E-state index contributed by atoms with van der Waals surface area (Å²) in [5, 5.41) is 14.6. The van der Waals surface area contributed by atoms with Crippen molar-refractivity contribution in [2.45, 2.75) is 52.8 Å². The highest BCUT2D eigenvalue weighted by Crippen LogP contribution is 2.45. The minimum atomic E-state index is -4.20. The maximum absolute atomic E-state index is 12.8. The number of anilines is 1. The lowest BCUT2D eigenvalue weighted by Gasteiger charge is -2.61. The maximum Gasteiger partial charge on any atom is 0.401 e. The molecule has 12 heteroatoms. The van der Waals surface area contributed by atoms with Gasteiger partial charge in [-0.15, -0.1) is 0 Å². The molecule has 8 nitrogen and oxygen atoms in total. The van der Waals surface area contributed by atoms with Gasteiger partial charge in [0.25, 0.3) is 0 Å². The van der Waals surface area contributed by atoms with Gasteiger partial charge in [0.1, 0.15) is 23.9 Å². The number of nitrogens with zero attached hydrogens (tertiary/aromatic N) is 5. The van der Waals surface area contributed by atoms with Crippen LogP contribution in [0.2, 0.25) is 5.02 Å². The second kappa shape index (κ2) is 10.8. The van der Waals surface area contributed by atoms with Crippen molar-refractivity contribution < 1.29 is 27.5 Å². The van der Waals surface area contributed by atoms with E-state index in [0.717, 1.165) is 17.5 Å². The number of aryl methyl sites for hydroxylation is 2. The molecular weight excluding hydrogens is 547 g/mol. The number of hydrogen-bond donors (Lipinski definition) is 1. The topological polar surface area (TPSA) is 87.7 Å². The summed E-state index contributed by atoms with van der Waals surface area (Å²) in [5.41, 5.74) is 3.33. The Kier molecular flexibility index (Phi) is 7.75. The van der Waals surface area contributed by atoms with Crippen molar-refractivity contribution in [2.75, 3.05) is 44.2 Å². The van der Waals surface area contributed by atoms with Gasteiger partial charge in [-0.05, 0) is 45.4 Å². The Hall–Kier alpha value is -2.89. The Balaban J connectivity index is 1.47. The van der Waals surface area contributed by atoms with Crippen LogP contribution in [0.4, 0.5) is 19.0 Å². The summed E-state index contributed by atoms with van der Waals surface area (Å²) in [6, 6.07) is 5.20. The maximum atomic E-state index is 12.8. The molecule has 1 N–H and O–H groups in total. The van der Waals surface area contributed by atoms with Gasteiger partial charge in [0.2, 0.25) is 0 Å². The van der Waals surface area contributed by atoms with Crippen molar-refractivity contribution in [3.05, 3.63) is 40.2 Å². The molecule has 2 saturated heterocycles. The SMILES string of the molecule is CCC[C@@H](O)COc1ccc(Cl)c(-c2nc(-c3c(C)noc3C)c(C)c(N3CC4(CN(CC(F)(F)F)C4)C3)n2)c1. The molecule has 0 radical (unpaired) electrons. The number of hydrogen-bond acceptors (Lipinski definition) is 8. The number of aliphatic hydroxyl groups excluding tert-OH is 1. The molecule has 5 rings (SSSR count). The molecule has 0 saturated carbocycles. The van der Waals surface area contributed by atoms with Crippen molar-refractivity contribution in [3.63, 3.8) is 0 Å². The van der Waals surface area contributed by atoms with Crippen molar-refractivity contribution in [1.82, 2.24) is 20.0 Å². The smallest absolute Gasteiger partial charge is 0.401 e. The molecule has 4 heterocycles. The van der Waals surface area contributed by atoms with Gasteiger partial charge in [-0.25, -0.2) is 9.97 Å². The van der Waals surface area contributed by atoms with Gasteiger partial charge in [0.15, 0.2) is 5.82 Å². The number of likely N-dealkylation sites (tertiary alicyclic amines) is 1. The minimum absolute atomic E-state index is 0.153. The quantitative estimate of drug-likeness (QED) is 0.350. The van der Waals surface area contributed by atoms with Crippen molar-refractivity contribution >= 4 is 17.4 Å². The number of aliphatic hydroxyl groups is 1. The largest absolute Gasteiger partial charge is 0.491 e. The Bertz CT molecular complexity index is 1360. The van der Waals surface area contributed by atoms with Crippen LogP contribution in [0, 0.1) is 26.2 Å². The van der Waals surface area contributed by atoms with Crippen LogP contribution in [0.5, 0.6) is 5.75 Å². The van der Waals surface area contributed by atoms with Crippen LogP contribution in [0.25, 0.3) is 22.6 Å². The van der Waals surface area contributed by atoms with Crippen molar-refractivity contribution in [1.29, 1.82) is 0 Å². The zero-order valence-electron chi connectivity index (χ0n) is 23.0. The number of aromatic nitrogens is 3. The van der Waals surface area contributed by atoms with E-state index in [0.29, 0.717) is 77.7 Å². The molecule has 1 aromatic carbocycles. The third-order valence-electron chi connectivity index (χ3n) is 7.51. The van der Waals surface area contributed by atoms with E-state index in [1.807, 2.05) is 27.7 Å². The Morgan fingerprint density at radius 1 is 1.15 bits per heavy atom. The van der Waals surface area contributed by atoms with Gasteiger partial charge in [-0.3, -0.25) is 4.90 Å². The summed E-state index contributed by atoms with van der Waals surface area (Å²) in [6.45, 7) is 8.89. The molecule has 1 atom stereocenters. The normalized spacial score (nSPS) is 17.6. The van der Waals surface area contributed by atoms with Crippen molar-refractivity contribution in [2.24, 2.45) is 5.41 Å². The second-order valence-corrected chi connectivity index (χ2v) is 11.5. The first-order valence-electron chi connectivity index (χ1n) is 13.3. The van der Waals surface area contributed by atoms with Crippen LogP contribution in [-0.4, -0.2) is 76.7 Å². The van der Waals surface area contributed by atoms with Gasteiger partial charge >= 0.3 is 6.18 Å². The third kappa shape index (κ3) is 5.77. The molecule has 0 bridgehead atoms. The fourth-order valence-corrected chi connectivity index (χ4v) is 5.96. The van der Waals surface area contributed by atoms with E-state index in [1.54, 1.807) is 18.2 Å². The molecule has 216 valence electrons. The number of benzene rings is 1. The number of ether oxygens (including phenoxy) is 1. The first-order chi connectivity index (χ1) is 18.9. The molecule has 2 aliphatic heterocycles. The second-order valence-electron chi connectivity index (χ2n) is 11.1. The fourth-order valence-electron chi connectivity index (χ4n) is 5.75. The van der Waals surface area contributed by atoms with E-state index >= 15 is 0 Å². The molecule has 2 fully saturated rings. The predicted molar refractivity (Wildman–Crippen MR) is 146 cm³/mol. The molecular formula is C28H33ClF3N5O3. The Labute approximate surface area is 236 Å². The van der Waals surface area contributed by atoms with E-state index in [9.17, 15) is 18.3 Å². The summed E-state index contributed by atoms with van der Waals surface area (Å²) >= 11 is 6.62. The monoisotopic (exact) mass is 579 g/mol. The molecule has 2 aromatic heterocycles. The third-order valence-corrected chi connectivity index (χ3v) is 7.84. The van der Waals surface area contributed by atoms with Crippen LogP contribution in [-0.2, 0) is 0 Å². The van der Waals surface area contributed by atoms with Crippen molar-refractivity contribution in [3.8, 4) is 28.4 Å². The Morgan fingerprint density at radius 2 is 1.88 bits per heavy atom.